The monoisotopic (exact) mass is 244 g/mol. The fourth-order valence-electron chi connectivity index (χ4n) is 1.90. The van der Waals surface area contributed by atoms with Crippen molar-refractivity contribution in [3.8, 4) is 11.1 Å². The summed E-state index contributed by atoms with van der Waals surface area (Å²) < 4.78 is 13.9. The number of aromatic nitrogens is 3. The Morgan fingerprint density at radius 2 is 2.06 bits per heavy atom. The first kappa shape index (κ1) is 10.5. The number of nitrogens with zero attached hydrogens (tertiary/aromatic N) is 1. The number of nitrogens with two attached hydrogens (primary N) is 1. The molecule has 0 bridgehead atoms. The van der Waals surface area contributed by atoms with Crippen LogP contribution in [0.25, 0.3) is 22.2 Å². The number of hydrogen-bond donors (Lipinski definition) is 3. The van der Waals surface area contributed by atoms with Gasteiger partial charge in [-0.25, -0.2) is 9.37 Å². The summed E-state index contributed by atoms with van der Waals surface area (Å²) in [6.45, 7) is 0. The number of nitrogen functional groups attached to an aromatic ring is 1. The van der Waals surface area contributed by atoms with E-state index in [4.69, 9.17) is 5.73 Å². The van der Waals surface area contributed by atoms with Crippen LogP contribution in [0, 0.1) is 5.82 Å². The van der Waals surface area contributed by atoms with E-state index in [0.717, 1.165) is 0 Å². The third-order valence-corrected chi connectivity index (χ3v) is 2.75. The molecule has 0 unspecified atom stereocenters. The highest BCUT2D eigenvalue weighted by Gasteiger charge is 2.12. The third-order valence-electron chi connectivity index (χ3n) is 2.75. The van der Waals surface area contributed by atoms with Crippen LogP contribution in [0.5, 0.6) is 0 Å². The molecule has 0 fully saturated rings. The molecule has 90 valence electrons. The van der Waals surface area contributed by atoms with Gasteiger partial charge < -0.3 is 15.7 Å². The Balaban J connectivity index is 2.35. The molecule has 18 heavy (non-hydrogen) atoms. The van der Waals surface area contributed by atoms with Gasteiger partial charge in [-0.15, -0.1) is 0 Å². The summed E-state index contributed by atoms with van der Waals surface area (Å²) in [6.07, 6.45) is 2.85. The maximum Gasteiger partial charge on any atom is 0.273 e. The highest BCUT2D eigenvalue weighted by atomic mass is 19.1. The molecule has 2 aromatic heterocycles. The number of pyridine rings is 1. The summed E-state index contributed by atoms with van der Waals surface area (Å²) in [6, 6.07) is 4.40. The van der Waals surface area contributed by atoms with E-state index in [9.17, 15) is 9.18 Å². The number of H-pyrrole nitrogens is 2. The minimum atomic E-state index is -0.452. The van der Waals surface area contributed by atoms with Crippen molar-refractivity contribution in [1.29, 1.82) is 0 Å². The maximum atomic E-state index is 13.9. The lowest BCUT2D eigenvalue weighted by atomic mass is 10.1. The van der Waals surface area contributed by atoms with E-state index < -0.39 is 5.82 Å². The minimum absolute atomic E-state index is 0.290. The van der Waals surface area contributed by atoms with Gasteiger partial charge >= 0.3 is 0 Å². The van der Waals surface area contributed by atoms with Gasteiger partial charge in [-0.2, -0.15) is 0 Å². The lowest BCUT2D eigenvalue weighted by molar-refractivity contribution is 0.632. The number of hydrogen-bond acceptors (Lipinski definition) is 3. The SMILES string of the molecule is Nc1ccc(-c2c[nH]c(=O)c3[nH]cnc23)c(F)c1. The van der Waals surface area contributed by atoms with Crippen molar-refractivity contribution in [1.82, 2.24) is 15.0 Å². The Kier molecular flexibility index (Phi) is 2.16. The average molecular weight is 244 g/mol. The Labute approximate surface area is 100 Å². The largest absolute Gasteiger partial charge is 0.399 e. The normalized spacial score (nSPS) is 10.9. The molecule has 6 heteroatoms. The predicted octanol–water partition coefficient (Wildman–Crippen LogP) is 1.64. The summed E-state index contributed by atoms with van der Waals surface area (Å²) in [5.74, 6) is -0.452. The van der Waals surface area contributed by atoms with Crippen LogP contribution < -0.4 is 11.3 Å². The van der Waals surface area contributed by atoms with Gasteiger partial charge in [-0.05, 0) is 18.2 Å². The third kappa shape index (κ3) is 1.46. The van der Waals surface area contributed by atoms with E-state index in [1.165, 1.54) is 18.6 Å². The molecule has 3 aromatic rings. The van der Waals surface area contributed by atoms with E-state index in [-0.39, 0.29) is 5.56 Å². The molecule has 1 aromatic carbocycles. The van der Waals surface area contributed by atoms with Crippen molar-refractivity contribution in [3.63, 3.8) is 0 Å². The van der Waals surface area contributed by atoms with Gasteiger partial charge in [0.2, 0.25) is 0 Å². The molecular formula is C12H9FN4O. The van der Waals surface area contributed by atoms with E-state index in [1.54, 1.807) is 12.1 Å². The first-order valence-electron chi connectivity index (χ1n) is 5.27. The topological polar surface area (TPSA) is 87.6 Å². The van der Waals surface area contributed by atoms with Crippen molar-refractivity contribution in [2.24, 2.45) is 0 Å². The fraction of sp³-hybridized carbons (Fsp3) is 0. The second-order valence-electron chi connectivity index (χ2n) is 3.90. The van der Waals surface area contributed by atoms with Crippen LogP contribution in [0.3, 0.4) is 0 Å². The number of halogens is 1. The van der Waals surface area contributed by atoms with E-state index in [1.807, 2.05) is 0 Å². The van der Waals surface area contributed by atoms with Crippen molar-refractivity contribution in [3.05, 3.63) is 46.9 Å². The smallest absolute Gasteiger partial charge is 0.273 e. The van der Waals surface area contributed by atoms with Gasteiger partial charge in [-0.1, -0.05) is 0 Å². The van der Waals surface area contributed by atoms with Crippen molar-refractivity contribution in [2.45, 2.75) is 0 Å². The molecule has 0 atom stereocenters. The molecular weight excluding hydrogens is 235 g/mol. The zero-order valence-electron chi connectivity index (χ0n) is 9.20. The number of rotatable bonds is 1. The molecule has 0 spiro atoms. The number of benzene rings is 1. The molecule has 0 aliphatic carbocycles. The zero-order valence-corrected chi connectivity index (χ0v) is 9.20. The van der Waals surface area contributed by atoms with Gasteiger partial charge in [0.1, 0.15) is 16.9 Å². The molecule has 0 amide bonds. The van der Waals surface area contributed by atoms with Crippen molar-refractivity contribution >= 4 is 16.7 Å². The second-order valence-corrected chi connectivity index (χ2v) is 3.90. The molecule has 3 rings (SSSR count). The summed E-state index contributed by atoms with van der Waals surface area (Å²) >= 11 is 0. The second kappa shape index (κ2) is 3.69. The molecule has 0 saturated carbocycles. The summed E-state index contributed by atoms with van der Waals surface area (Å²) in [5, 5.41) is 0. The van der Waals surface area contributed by atoms with Crippen molar-refractivity contribution in [2.75, 3.05) is 5.73 Å². The van der Waals surface area contributed by atoms with Crippen LogP contribution >= 0.6 is 0 Å². The molecule has 0 saturated heterocycles. The van der Waals surface area contributed by atoms with Crippen molar-refractivity contribution < 1.29 is 4.39 Å². The van der Waals surface area contributed by atoms with Gasteiger partial charge in [0.25, 0.3) is 5.56 Å². The van der Waals surface area contributed by atoms with Crippen LogP contribution in [0.4, 0.5) is 10.1 Å². The highest BCUT2D eigenvalue weighted by Crippen LogP contribution is 2.27. The first-order valence-corrected chi connectivity index (χ1v) is 5.27. The van der Waals surface area contributed by atoms with Gasteiger partial charge in [0, 0.05) is 23.0 Å². The molecule has 0 aliphatic heterocycles. The molecule has 4 N–H and O–H groups in total. The summed E-state index contributed by atoms with van der Waals surface area (Å²) in [5.41, 5.74) is 7.18. The number of fused-ring (bicyclic) bond motifs is 1. The molecule has 0 radical (unpaired) electrons. The van der Waals surface area contributed by atoms with Gasteiger partial charge in [0.15, 0.2) is 0 Å². The lowest BCUT2D eigenvalue weighted by Crippen LogP contribution is -2.06. The Hall–Kier alpha value is -2.63. The molecule has 2 heterocycles. The number of anilines is 1. The Bertz CT molecular complexity index is 790. The minimum Gasteiger partial charge on any atom is -0.399 e. The quantitative estimate of drug-likeness (QED) is 0.568. The highest BCUT2D eigenvalue weighted by molar-refractivity contribution is 5.90. The van der Waals surface area contributed by atoms with Crippen LogP contribution in [0.15, 0.2) is 35.5 Å². The fourth-order valence-corrected chi connectivity index (χ4v) is 1.90. The number of imidazole rings is 1. The van der Waals surface area contributed by atoms with Crippen LogP contribution in [-0.2, 0) is 0 Å². The van der Waals surface area contributed by atoms with Gasteiger partial charge in [-0.3, -0.25) is 4.79 Å². The Morgan fingerprint density at radius 1 is 1.22 bits per heavy atom. The first-order chi connectivity index (χ1) is 8.66. The standard InChI is InChI=1S/C12H9FN4O/c13-9-3-6(14)1-2-7(9)8-4-15-12(18)11-10(8)16-5-17-11/h1-5H,14H2,(H,15,18)(H,16,17). The lowest BCUT2D eigenvalue weighted by Gasteiger charge is -2.04. The van der Waals surface area contributed by atoms with E-state index in [0.29, 0.717) is 27.8 Å². The summed E-state index contributed by atoms with van der Waals surface area (Å²) in [7, 11) is 0. The van der Waals surface area contributed by atoms with Crippen LogP contribution in [0.2, 0.25) is 0 Å². The number of aromatic amines is 2. The zero-order chi connectivity index (χ0) is 12.7. The average Bonchev–Trinajstić information content (AvgIpc) is 2.81. The van der Waals surface area contributed by atoms with Gasteiger partial charge in [0.05, 0.1) is 6.33 Å². The molecule has 5 nitrogen and oxygen atoms in total. The number of nitrogens with one attached hydrogen (secondary N) is 2. The Morgan fingerprint density at radius 3 is 2.83 bits per heavy atom. The summed E-state index contributed by atoms with van der Waals surface area (Å²) in [4.78, 5) is 20.8. The van der Waals surface area contributed by atoms with E-state index >= 15 is 0 Å². The van der Waals surface area contributed by atoms with Crippen LogP contribution in [-0.4, -0.2) is 15.0 Å². The van der Waals surface area contributed by atoms with E-state index in [2.05, 4.69) is 15.0 Å². The maximum absolute atomic E-state index is 13.9. The molecule has 0 aliphatic rings. The van der Waals surface area contributed by atoms with Crippen LogP contribution in [0.1, 0.15) is 0 Å². The predicted molar refractivity (Wildman–Crippen MR) is 66.5 cm³/mol.